The minimum atomic E-state index is -4.91. The van der Waals surface area contributed by atoms with Crippen molar-refractivity contribution in [3.05, 3.63) is 47.3 Å². The Morgan fingerprint density at radius 2 is 1.84 bits per heavy atom. The highest BCUT2D eigenvalue weighted by molar-refractivity contribution is 6.00. The Hall–Kier alpha value is -3.22. The number of anilines is 1. The lowest BCUT2D eigenvalue weighted by Gasteiger charge is -2.08. The molecule has 0 spiro atoms. The average Bonchev–Trinajstić information content (AvgIpc) is 2.81. The van der Waals surface area contributed by atoms with Crippen LogP contribution in [0.4, 0.5) is 27.6 Å². The first-order chi connectivity index (χ1) is 11.5. The molecule has 2 N–H and O–H groups in total. The summed E-state index contributed by atoms with van der Waals surface area (Å²) in [6.45, 7) is 3.76. The number of nitrogens with two attached hydrogens (primary N) is 1. The number of ketones is 1. The number of benzene rings is 1. The van der Waals surface area contributed by atoms with E-state index in [-0.39, 0.29) is 5.56 Å². The maximum absolute atomic E-state index is 14.2. The zero-order valence-corrected chi connectivity index (χ0v) is 12.6. The Bertz CT molecular complexity index is 914. The van der Waals surface area contributed by atoms with Gasteiger partial charge in [-0.1, -0.05) is 6.58 Å². The summed E-state index contributed by atoms with van der Waals surface area (Å²) in [5.41, 5.74) is 0.509. The van der Waals surface area contributed by atoms with Gasteiger partial charge in [-0.05, 0) is 12.1 Å². The van der Waals surface area contributed by atoms with Crippen molar-refractivity contribution in [2.75, 3.05) is 5.73 Å². The number of carbonyl (C=O) groups is 1. The molecule has 2 rings (SSSR count). The number of nitrogen functional groups attached to an aromatic ring is 1. The van der Waals surface area contributed by atoms with Gasteiger partial charge in [-0.2, -0.15) is 23.5 Å². The molecule has 2 aromatic rings. The zero-order valence-electron chi connectivity index (χ0n) is 12.6. The van der Waals surface area contributed by atoms with Gasteiger partial charge < -0.3 is 5.73 Å². The molecule has 1 heterocycles. The second-order valence-electron chi connectivity index (χ2n) is 4.96. The molecule has 0 aliphatic rings. The summed E-state index contributed by atoms with van der Waals surface area (Å²) < 4.78 is 67.2. The van der Waals surface area contributed by atoms with Gasteiger partial charge in [0, 0.05) is 6.92 Å². The van der Waals surface area contributed by atoms with Crippen molar-refractivity contribution in [1.82, 2.24) is 9.78 Å². The second kappa shape index (κ2) is 6.01. The molecule has 0 amide bonds. The molecular formula is C15H9F5N4O. The van der Waals surface area contributed by atoms with E-state index in [1.807, 2.05) is 0 Å². The smallest absolute Gasteiger partial charge is 0.395 e. The molecule has 5 nitrogen and oxygen atoms in total. The maximum atomic E-state index is 14.2. The Labute approximate surface area is 137 Å². The van der Waals surface area contributed by atoms with Crippen molar-refractivity contribution in [3.63, 3.8) is 0 Å². The maximum Gasteiger partial charge on any atom is 0.418 e. The molecule has 0 atom stereocenters. The first kappa shape index (κ1) is 18.1. The summed E-state index contributed by atoms with van der Waals surface area (Å²) in [5, 5.41) is 12.1. The van der Waals surface area contributed by atoms with Crippen molar-refractivity contribution in [2.24, 2.45) is 0 Å². The minimum Gasteiger partial charge on any atom is -0.395 e. The molecule has 130 valence electrons. The highest BCUT2D eigenvalue weighted by atomic mass is 19.4. The fourth-order valence-electron chi connectivity index (χ4n) is 2.12. The summed E-state index contributed by atoms with van der Waals surface area (Å²) in [5.74, 6) is -3.47. The number of hydrogen-bond acceptors (Lipinski definition) is 4. The monoisotopic (exact) mass is 356 g/mol. The number of halogens is 5. The number of carbonyl (C=O) groups excluding carboxylic acids is 1. The van der Waals surface area contributed by atoms with E-state index in [9.17, 15) is 26.7 Å². The lowest BCUT2D eigenvalue weighted by Crippen LogP contribution is -2.12. The number of aromatic nitrogens is 2. The Morgan fingerprint density at radius 3 is 2.24 bits per heavy atom. The van der Waals surface area contributed by atoms with Crippen LogP contribution in [-0.4, -0.2) is 21.7 Å². The van der Waals surface area contributed by atoms with Crippen LogP contribution in [0.25, 0.3) is 11.3 Å². The summed E-state index contributed by atoms with van der Waals surface area (Å²) in [6, 6.07) is 2.82. The Balaban J connectivity index is 2.82. The van der Waals surface area contributed by atoms with Gasteiger partial charge >= 0.3 is 6.18 Å². The quantitative estimate of drug-likeness (QED) is 0.675. The number of nitriles is 1. The van der Waals surface area contributed by atoms with Gasteiger partial charge in [0.1, 0.15) is 17.1 Å². The number of hydrogen-bond donors (Lipinski definition) is 1. The van der Waals surface area contributed by atoms with Gasteiger partial charge in [0.25, 0.3) is 0 Å². The van der Waals surface area contributed by atoms with Crippen molar-refractivity contribution in [3.8, 4) is 11.8 Å². The zero-order chi connectivity index (χ0) is 19.1. The van der Waals surface area contributed by atoms with Crippen LogP contribution in [0, 0.1) is 23.0 Å². The lowest BCUT2D eigenvalue weighted by molar-refractivity contribution is -0.0688. The lowest BCUT2D eigenvalue weighted by atomic mass is 10.1. The predicted molar refractivity (Wildman–Crippen MR) is 77.7 cm³/mol. The van der Waals surface area contributed by atoms with E-state index in [1.54, 1.807) is 0 Å². The third kappa shape index (κ3) is 3.08. The summed E-state index contributed by atoms with van der Waals surface area (Å²) >= 11 is 0. The third-order valence-electron chi connectivity index (χ3n) is 3.24. The first-order valence-corrected chi connectivity index (χ1v) is 6.54. The Kier molecular flexibility index (Phi) is 4.36. The number of nitrogens with zero attached hydrogens (tertiary/aromatic N) is 3. The van der Waals surface area contributed by atoms with E-state index in [4.69, 9.17) is 11.0 Å². The molecule has 10 heteroatoms. The largest absolute Gasteiger partial charge is 0.418 e. The molecule has 0 saturated heterocycles. The van der Waals surface area contributed by atoms with Gasteiger partial charge in [-0.3, -0.25) is 4.79 Å². The van der Waals surface area contributed by atoms with Gasteiger partial charge in [-0.15, -0.1) is 0 Å². The molecule has 1 aromatic carbocycles. The van der Waals surface area contributed by atoms with Gasteiger partial charge in [-0.25, -0.2) is 13.5 Å². The highest BCUT2D eigenvalue weighted by Gasteiger charge is 2.38. The third-order valence-corrected chi connectivity index (χ3v) is 3.24. The van der Waals surface area contributed by atoms with Crippen LogP contribution in [0.1, 0.15) is 28.7 Å². The average molecular weight is 356 g/mol. The van der Waals surface area contributed by atoms with Crippen LogP contribution >= 0.6 is 0 Å². The van der Waals surface area contributed by atoms with E-state index in [1.165, 1.54) is 6.07 Å². The van der Waals surface area contributed by atoms with E-state index >= 15 is 0 Å². The normalized spacial score (nSPS) is 11.2. The van der Waals surface area contributed by atoms with Crippen LogP contribution in [0.5, 0.6) is 0 Å². The van der Waals surface area contributed by atoms with Crippen molar-refractivity contribution < 1.29 is 26.7 Å². The van der Waals surface area contributed by atoms with Crippen molar-refractivity contribution >= 4 is 17.0 Å². The topological polar surface area (TPSA) is 84.7 Å². The molecule has 0 saturated carbocycles. The second-order valence-corrected chi connectivity index (χ2v) is 4.96. The molecule has 0 aliphatic heterocycles. The van der Waals surface area contributed by atoms with Gasteiger partial charge in [0.2, 0.25) is 0 Å². The number of Topliss-reactive ketones (excluding diaryl/α,β-unsaturated/α-hetero) is 1. The molecule has 0 fully saturated rings. The summed E-state index contributed by atoms with van der Waals surface area (Å²) in [7, 11) is 0. The van der Waals surface area contributed by atoms with E-state index in [2.05, 4.69) is 11.7 Å². The van der Waals surface area contributed by atoms with E-state index in [0.717, 1.165) is 6.92 Å². The minimum absolute atomic E-state index is 0.343. The molecular weight excluding hydrogens is 347 g/mol. The van der Waals surface area contributed by atoms with Gasteiger partial charge in [0.15, 0.2) is 17.4 Å². The molecule has 0 radical (unpaired) electrons. The fourth-order valence-corrected chi connectivity index (χ4v) is 2.12. The van der Waals surface area contributed by atoms with E-state index < -0.39 is 51.9 Å². The number of allylic oxidation sites excluding steroid dienone is 1. The predicted octanol–water partition coefficient (Wildman–Crippen LogP) is 3.38. The van der Waals surface area contributed by atoms with Gasteiger partial charge in [0.05, 0.1) is 22.9 Å². The summed E-state index contributed by atoms with van der Waals surface area (Å²) in [4.78, 5) is 11.7. The van der Waals surface area contributed by atoms with Crippen LogP contribution in [0.15, 0.2) is 18.7 Å². The molecule has 0 bridgehead atoms. The van der Waals surface area contributed by atoms with Crippen molar-refractivity contribution in [1.29, 1.82) is 5.26 Å². The number of rotatable bonds is 3. The van der Waals surface area contributed by atoms with Crippen LogP contribution in [-0.2, 0) is 0 Å². The first-order valence-electron chi connectivity index (χ1n) is 6.54. The van der Waals surface area contributed by atoms with Crippen LogP contribution in [0.3, 0.4) is 0 Å². The molecule has 0 aliphatic carbocycles. The number of alkyl halides is 3. The molecule has 25 heavy (non-hydrogen) atoms. The van der Waals surface area contributed by atoms with Crippen LogP contribution < -0.4 is 5.73 Å². The molecule has 1 aromatic heterocycles. The highest BCUT2D eigenvalue weighted by Crippen LogP contribution is 2.37. The van der Waals surface area contributed by atoms with Crippen LogP contribution in [0.2, 0.25) is 0 Å². The SMILES string of the molecule is C=C(c1nn(-c2c(F)cc(C#N)cc2F)c(C(C)=O)c1N)C(F)(F)F. The standard InChI is InChI=1S/C15H9F5N4O/c1-6(15(18,19)20)12-11(22)13(7(2)25)24(23-12)14-9(16)3-8(5-21)4-10(14)17/h3-4H,1,22H2,2H3. The fraction of sp³-hybridized carbons (Fsp3) is 0.133. The Morgan fingerprint density at radius 1 is 1.32 bits per heavy atom. The summed E-state index contributed by atoms with van der Waals surface area (Å²) in [6.07, 6.45) is -4.91. The van der Waals surface area contributed by atoms with E-state index in [0.29, 0.717) is 16.8 Å². The molecule has 0 unspecified atom stereocenters. The van der Waals surface area contributed by atoms with Crippen molar-refractivity contribution in [2.45, 2.75) is 13.1 Å².